The molecule has 24 heavy (non-hydrogen) atoms. The lowest BCUT2D eigenvalue weighted by molar-refractivity contribution is -0.123. The van der Waals surface area contributed by atoms with E-state index in [9.17, 15) is 14.4 Å². The molecule has 1 aliphatic heterocycles. The molecule has 1 atom stereocenters. The minimum atomic E-state index is -0.583. The highest BCUT2D eigenvalue weighted by Gasteiger charge is 2.32. The third-order valence-corrected chi connectivity index (χ3v) is 3.81. The van der Waals surface area contributed by atoms with Gasteiger partial charge in [0.15, 0.2) is 5.78 Å². The summed E-state index contributed by atoms with van der Waals surface area (Å²) < 4.78 is 9.96. The highest BCUT2D eigenvalue weighted by Crippen LogP contribution is 2.26. The fraction of sp³-hybridized carbons (Fsp3) is 0.500. The number of nitrogens with zero attached hydrogens (tertiary/aromatic N) is 1. The fourth-order valence-electron chi connectivity index (χ4n) is 2.63. The van der Waals surface area contributed by atoms with E-state index in [1.165, 1.54) is 12.0 Å². The monoisotopic (exact) mass is 333 g/mol. The van der Waals surface area contributed by atoms with E-state index < -0.39 is 17.7 Å². The highest BCUT2D eigenvalue weighted by atomic mass is 16.6. The molecule has 1 aliphatic rings. The van der Waals surface area contributed by atoms with Crippen molar-refractivity contribution in [1.82, 2.24) is 4.90 Å². The number of amides is 1. The molecule has 6 heteroatoms. The first kappa shape index (κ1) is 18.0. The molecule has 0 aliphatic carbocycles. The molecule has 1 saturated heterocycles. The van der Waals surface area contributed by atoms with E-state index in [2.05, 4.69) is 4.74 Å². The Labute approximate surface area is 141 Å². The molecule has 0 saturated carbocycles. The number of carbonyl (C=O) groups is 3. The molecule has 130 valence electrons. The second-order valence-electron chi connectivity index (χ2n) is 6.82. The van der Waals surface area contributed by atoms with Crippen LogP contribution in [0.25, 0.3) is 0 Å². The maximum absolute atomic E-state index is 12.4. The maximum atomic E-state index is 12.4. The topological polar surface area (TPSA) is 72.9 Å². The summed E-state index contributed by atoms with van der Waals surface area (Å²) >= 11 is 0. The van der Waals surface area contributed by atoms with Crippen molar-refractivity contribution >= 4 is 17.8 Å². The quantitative estimate of drug-likeness (QED) is 0.778. The van der Waals surface area contributed by atoms with Crippen molar-refractivity contribution < 1.29 is 23.9 Å². The zero-order valence-electron chi connectivity index (χ0n) is 14.5. The van der Waals surface area contributed by atoms with Gasteiger partial charge in [-0.3, -0.25) is 4.79 Å². The molecule has 1 heterocycles. The van der Waals surface area contributed by atoms with E-state index in [1.54, 1.807) is 45.0 Å². The van der Waals surface area contributed by atoms with E-state index in [0.717, 1.165) is 5.56 Å². The number of hydrogen-bond acceptors (Lipinski definition) is 5. The summed E-state index contributed by atoms with van der Waals surface area (Å²) in [5, 5.41) is 0. The number of benzene rings is 1. The zero-order chi connectivity index (χ0) is 17.9. The Bertz CT molecular complexity index is 630. The molecule has 0 spiro atoms. The van der Waals surface area contributed by atoms with Gasteiger partial charge in [-0.05, 0) is 44.9 Å². The van der Waals surface area contributed by atoms with Gasteiger partial charge in [-0.25, -0.2) is 9.59 Å². The minimum Gasteiger partial charge on any atom is -0.465 e. The van der Waals surface area contributed by atoms with Gasteiger partial charge >= 0.3 is 12.1 Å². The van der Waals surface area contributed by atoms with Gasteiger partial charge in [0.2, 0.25) is 0 Å². The first-order chi connectivity index (χ1) is 11.2. The van der Waals surface area contributed by atoms with Crippen molar-refractivity contribution in [3.63, 3.8) is 0 Å². The maximum Gasteiger partial charge on any atom is 0.410 e. The molecule has 2 rings (SSSR count). The van der Waals surface area contributed by atoms with Crippen LogP contribution in [0, 0.1) is 0 Å². The third kappa shape index (κ3) is 4.34. The first-order valence-electron chi connectivity index (χ1n) is 7.90. The van der Waals surface area contributed by atoms with Crippen LogP contribution >= 0.6 is 0 Å². The van der Waals surface area contributed by atoms with Crippen molar-refractivity contribution in [2.75, 3.05) is 20.2 Å². The normalized spacial score (nSPS) is 18.2. The number of methoxy groups -OCH3 is 1. The van der Waals surface area contributed by atoms with E-state index in [-0.39, 0.29) is 18.2 Å². The van der Waals surface area contributed by atoms with Crippen molar-refractivity contribution in [3.05, 3.63) is 35.4 Å². The predicted molar refractivity (Wildman–Crippen MR) is 88.0 cm³/mol. The minimum absolute atomic E-state index is 0.0297. The van der Waals surface area contributed by atoms with Crippen molar-refractivity contribution in [1.29, 1.82) is 0 Å². The first-order valence-corrected chi connectivity index (χ1v) is 7.90. The third-order valence-electron chi connectivity index (χ3n) is 3.81. The number of ketones is 1. The molecule has 1 aromatic carbocycles. The summed E-state index contributed by atoms with van der Waals surface area (Å²) in [6.07, 6.45) is 0.0747. The Morgan fingerprint density at radius 1 is 1.17 bits per heavy atom. The van der Waals surface area contributed by atoms with Gasteiger partial charge in [0.1, 0.15) is 5.60 Å². The van der Waals surface area contributed by atoms with Crippen LogP contribution in [0.15, 0.2) is 24.3 Å². The van der Waals surface area contributed by atoms with Crippen LogP contribution in [-0.2, 0) is 14.3 Å². The van der Waals surface area contributed by atoms with Crippen LogP contribution in [0.4, 0.5) is 4.79 Å². The summed E-state index contributed by atoms with van der Waals surface area (Å²) in [4.78, 5) is 37.4. The van der Waals surface area contributed by atoms with E-state index in [0.29, 0.717) is 18.5 Å². The number of likely N-dealkylation sites (tertiary alicyclic amines) is 1. The average Bonchev–Trinajstić information content (AvgIpc) is 2.52. The van der Waals surface area contributed by atoms with E-state index >= 15 is 0 Å². The number of ether oxygens (including phenoxy) is 2. The fourth-order valence-corrected chi connectivity index (χ4v) is 2.63. The zero-order valence-corrected chi connectivity index (χ0v) is 14.5. The number of carbonyl (C=O) groups excluding carboxylic acids is 3. The Morgan fingerprint density at radius 3 is 2.29 bits per heavy atom. The molecule has 0 aromatic heterocycles. The lowest BCUT2D eigenvalue weighted by Gasteiger charge is -2.32. The Morgan fingerprint density at radius 2 is 1.79 bits per heavy atom. The largest absolute Gasteiger partial charge is 0.465 e. The van der Waals surface area contributed by atoms with Crippen LogP contribution in [0.1, 0.15) is 49.0 Å². The molecular formula is C18H23NO5. The van der Waals surface area contributed by atoms with Crippen LogP contribution in [0.2, 0.25) is 0 Å². The number of Topliss-reactive ketones (excluding diaryl/α,β-unsaturated/α-hetero) is 1. The van der Waals surface area contributed by atoms with Gasteiger partial charge in [-0.1, -0.05) is 12.1 Å². The van der Waals surface area contributed by atoms with Crippen LogP contribution in [0.3, 0.4) is 0 Å². The number of piperidine rings is 1. The second kappa shape index (κ2) is 7.03. The van der Waals surface area contributed by atoms with Crippen LogP contribution in [0.5, 0.6) is 0 Å². The summed E-state index contributed by atoms with van der Waals surface area (Å²) in [5.74, 6) is -0.707. The van der Waals surface area contributed by atoms with Gasteiger partial charge < -0.3 is 14.4 Å². The lowest BCUT2D eigenvalue weighted by atomic mass is 9.88. The number of hydrogen-bond donors (Lipinski definition) is 0. The Balaban J connectivity index is 2.02. The number of esters is 1. The Hall–Kier alpha value is -2.37. The molecule has 0 radical (unpaired) electrons. The van der Waals surface area contributed by atoms with Crippen molar-refractivity contribution in [2.45, 2.75) is 38.7 Å². The SMILES string of the molecule is COC(=O)c1ccc(C2CCN(C(=O)OC(C)(C)C)CC2=O)cc1. The second-order valence-corrected chi connectivity index (χ2v) is 6.82. The van der Waals surface area contributed by atoms with Crippen molar-refractivity contribution in [2.24, 2.45) is 0 Å². The molecule has 1 aromatic rings. The lowest BCUT2D eigenvalue weighted by Crippen LogP contribution is -2.45. The summed E-state index contributed by atoms with van der Waals surface area (Å²) in [6, 6.07) is 6.82. The summed E-state index contributed by atoms with van der Waals surface area (Å²) in [5.41, 5.74) is 0.706. The van der Waals surface area contributed by atoms with Gasteiger partial charge in [0.05, 0.1) is 19.2 Å². The van der Waals surface area contributed by atoms with Crippen LogP contribution < -0.4 is 0 Å². The standard InChI is InChI=1S/C18H23NO5/c1-18(2,3)24-17(22)19-10-9-14(15(20)11-19)12-5-7-13(8-6-12)16(21)23-4/h5-8,14H,9-11H2,1-4H3. The van der Waals surface area contributed by atoms with Crippen LogP contribution in [-0.4, -0.2) is 48.5 Å². The highest BCUT2D eigenvalue weighted by molar-refractivity contribution is 5.92. The smallest absolute Gasteiger partial charge is 0.410 e. The van der Waals surface area contributed by atoms with Gasteiger partial charge in [0.25, 0.3) is 0 Å². The Kier molecular flexibility index (Phi) is 5.26. The molecule has 1 unspecified atom stereocenters. The molecule has 0 N–H and O–H groups in total. The van der Waals surface area contributed by atoms with Gasteiger partial charge in [-0.2, -0.15) is 0 Å². The van der Waals surface area contributed by atoms with E-state index in [1.807, 2.05) is 0 Å². The van der Waals surface area contributed by atoms with Crippen molar-refractivity contribution in [3.8, 4) is 0 Å². The summed E-state index contributed by atoms with van der Waals surface area (Å²) in [7, 11) is 1.33. The molecule has 0 bridgehead atoms. The number of rotatable bonds is 2. The summed E-state index contributed by atoms with van der Waals surface area (Å²) in [6.45, 7) is 5.88. The molecular weight excluding hydrogens is 310 g/mol. The molecule has 1 fully saturated rings. The van der Waals surface area contributed by atoms with Gasteiger partial charge in [0, 0.05) is 12.5 Å². The average molecular weight is 333 g/mol. The van der Waals surface area contributed by atoms with Gasteiger partial charge in [-0.15, -0.1) is 0 Å². The molecule has 6 nitrogen and oxygen atoms in total. The molecule has 1 amide bonds. The predicted octanol–water partition coefficient (Wildman–Crippen LogP) is 2.77. The van der Waals surface area contributed by atoms with E-state index in [4.69, 9.17) is 4.74 Å².